The monoisotopic (exact) mass is 573 g/mol. The molecule has 1 aromatic heterocycles. The predicted octanol–water partition coefficient (Wildman–Crippen LogP) is 6.90. The van der Waals surface area contributed by atoms with Crippen molar-refractivity contribution in [2.45, 2.75) is 39.3 Å². The number of ether oxygens (including phenoxy) is 1. The normalized spacial score (nSPS) is 12.8. The summed E-state index contributed by atoms with van der Waals surface area (Å²) < 4.78 is 12.0. The molecule has 0 aliphatic heterocycles. The van der Waals surface area contributed by atoms with Gasteiger partial charge in [0.2, 0.25) is 11.8 Å². The molecule has 8 nitrogen and oxygen atoms in total. The highest BCUT2D eigenvalue weighted by Crippen LogP contribution is 2.24. The van der Waals surface area contributed by atoms with E-state index in [9.17, 15) is 4.79 Å². The number of amides is 1. The standard InChI is InChI=1S/C35H35N5O3/c1-24-12-10-18-29(20-24)39-40-32(35(3,36)34(41)37-28-16-8-5-9-17-28)22-26-13-11-19-30(21-26)42-23-31-25(2)43-33(38-31)27-14-6-4-7-15-27/h4-21,39H,22-23,36H2,1-3H3,(H,37,41)/b40-32-. The van der Waals surface area contributed by atoms with Crippen molar-refractivity contribution in [3.8, 4) is 17.2 Å². The molecular weight excluding hydrogens is 538 g/mol. The molecule has 0 radical (unpaired) electrons. The van der Waals surface area contributed by atoms with Gasteiger partial charge in [-0.15, -0.1) is 0 Å². The van der Waals surface area contributed by atoms with E-state index in [0.717, 1.165) is 28.1 Å². The fourth-order valence-electron chi connectivity index (χ4n) is 4.46. The molecule has 0 saturated carbocycles. The minimum atomic E-state index is -1.42. The number of aromatic nitrogens is 1. The average molecular weight is 574 g/mol. The van der Waals surface area contributed by atoms with Crippen molar-refractivity contribution in [3.63, 3.8) is 0 Å². The first-order valence-electron chi connectivity index (χ1n) is 14.1. The van der Waals surface area contributed by atoms with Crippen LogP contribution in [0, 0.1) is 13.8 Å². The highest BCUT2D eigenvalue weighted by atomic mass is 16.5. The zero-order valence-corrected chi connectivity index (χ0v) is 24.5. The SMILES string of the molecule is Cc1cccc(N/N=C(/Cc2cccc(OCc3nc(-c4ccccc4)oc3C)c2)C(C)(N)C(=O)Nc2ccccc2)c1. The van der Waals surface area contributed by atoms with Crippen LogP contribution in [0.5, 0.6) is 5.75 Å². The number of carbonyl (C=O) groups is 1. The maximum atomic E-state index is 13.4. The molecule has 5 aromatic rings. The number of nitrogens with one attached hydrogen (secondary N) is 2. The number of hydrogen-bond donors (Lipinski definition) is 3. The van der Waals surface area contributed by atoms with Gasteiger partial charge in [-0.3, -0.25) is 10.2 Å². The number of benzene rings is 4. The van der Waals surface area contributed by atoms with Crippen molar-refractivity contribution in [3.05, 3.63) is 132 Å². The summed E-state index contributed by atoms with van der Waals surface area (Å²) in [5.74, 6) is 1.55. The highest BCUT2D eigenvalue weighted by Gasteiger charge is 2.35. The molecule has 4 N–H and O–H groups in total. The highest BCUT2D eigenvalue weighted by molar-refractivity contribution is 6.17. The van der Waals surface area contributed by atoms with Crippen molar-refractivity contribution in [1.29, 1.82) is 0 Å². The lowest BCUT2D eigenvalue weighted by Crippen LogP contribution is -2.56. The molecule has 8 heteroatoms. The smallest absolute Gasteiger partial charge is 0.250 e. The summed E-state index contributed by atoms with van der Waals surface area (Å²) in [6, 6.07) is 34.5. The fourth-order valence-corrected chi connectivity index (χ4v) is 4.46. The Morgan fingerprint density at radius 2 is 1.60 bits per heavy atom. The second-order valence-electron chi connectivity index (χ2n) is 10.6. The number of carbonyl (C=O) groups excluding carboxylic acids is 1. The minimum Gasteiger partial charge on any atom is -0.487 e. The van der Waals surface area contributed by atoms with Crippen LogP contribution in [0.3, 0.4) is 0 Å². The average Bonchev–Trinajstić information content (AvgIpc) is 3.39. The van der Waals surface area contributed by atoms with Gasteiger partial charge in [0.15, 0.2) is 0 Å². The number of oxazole rings is 1. The molecule has 0 spiro atoms. The van der Waals surface area contributed by atoms with Gasteiger partial charge in [-0.25, -0.2) is 4.98 Å². The van der Waals surface area contributed by atoms with E-state index in [0.29, 0.717) is 35.2 Å². The summed E-state index contributed by atoms with van der Waals surface area (Å²) in [5.41, 5.74) is 13.9. The molecule has 0 aliphatic rings. The third-order valence-electron chi connectivity index (χ3n) is 7.00. The number of aryl methyl sites for hydroxylation is 2. The molecular formula is C35H35N5O3. The maximum absolute atomic E-state index is 13.4. The molecule has 43 heavy (non-hydrogen) atoms. The van der Waals surface area contributed by atoms with Crippen molar-refractivity contribution >= 4 is 23.0 Å². The van der Waals surface area contributed by atoms with Gasteiger partial charge in [-0.05, 0) is 80.4 Å². The van der Waals surface area contributed by atoms with Gasteiger partial charge in [0.25, 0.3) is 0 Å². The molecule has 5 rings (SSSR count). The summed E-state index contributed by atoms with van der Waals surface area (Å²) in [6.45, 7) is 5.79. The van der Waals surface area contributed by atoms with Gasteiger partial charge in [-0.1, -0.05) is 60.7 Å². The van der Waals surface area contributed by atoms with Crippen molar-refractivity contribution in [2.24, 2.45) is 10.8 Å². The number of nitrogens with zero attached hydrogens (tertiary/aromatic N) is 2. The van der Waals surface area contributed by atoms with Crippen LogP contribution < -0.4 is 21.2 Å². The Morgan fingerprint density at radius 3 is 2.35 bits per heavy atom. The second kappa shape index (κ2) is 13.2. The summed E-state index contributed by atoms with van der Waals surface area (Å²) in [5, 5.41) is 7.56. The summed E-state index contributed by atoms with van der Waals surface area (Å²) >= 11 is 0. The van der Waals surface area contributed by atoms with Crippen molar-refractivity contribution in [1.82, 2.24) is 4.98 Å². The van der Waals surface area contributed by atoms with Crippen LogP contribution in [0.25, 0.3) is 11.5 Å². The van der Waals surface area contributed by atoms with Gasteiger partial charge in [0.05, 0.1) is 11.4 Å². The van der Waals surface area contributed by atoms with Gasteiger partial charge < -0.3 is 20.2 Å². The lowest BCUT2D eigenvalue weighted by molar-refractivity contribution is -0.118. The van der Waals surface area contributed by atoms with Crippen molar-refractivity contribution < 1.29 is 13.9 Å². The number of para-hydroxylation sites is 1. The zero-order chi connectivity index (χ0) is 30.2. The van der Waals surface area contributed by atoms with E-state index in [2.05, 4.69) is 20.8 Å². The Labute approximate surface area is 251 Å². The van der Waals surface area contributed by atoms with Gasteiger partial charge in [-0.2, -0.15) is 5.10 Å². The molecule has 0 fully saturated rings. The molecule has 1 atom stereocenters. The summed E-state index contributed by atoms with van der Waals surface area (Å²) in [7, 11) is 0. The van der Waals surface area contributed by atoms with Crippen molar-refractivity contribution in [2.75, 3.05) is 10.7 Å². The van der Waals surface area contributed by atoms with E-state index in [4.69, 9.17) is 14.9 Å². The Balaban J connectivity index is 1.34. The topological polar surface area (TPSA) is 115 Å². The molecule has 0 saturated heterocycles. The Hall–Kier alpha value is -5.21. The zero-order valence-electron chi connectivity index (χ0n) is 24.5. The maximum Gasteiger partial charge on any atom is 0.250 e. The number of hydrazone groups is 1. The molecule has 1 amide bonds. The van der Waals surface area contributed by atoms with E-state index >= 15 is 0 Å². The van der Waals surface area contributed by atoms with Crippen LogP contribution in [0.15, 0.2) is 119 Å². The molecule has 0 bridgehead atoms. The summed E-state index contributed by atoms with van der Waals surface area (Å²) in [6.07, 6.45) is 0.312. The lowest BCUT2D eigenvalue weighted by Gasteiger charge is -2.26. The lowest BCUT2D eigenvalue weighted by atomic mass is 9.90. The predicted molar refractivity (Wildman–Crippen MR) is 171 cm³/mol. The molecule has 1 heterocycles. The van der Waals surface area contributed by atoms with Gasteiger partial charge in [0, 0.05) is 17.7 Å². The number of hydrogen-bond acceptors (Lipinski definition) is 7. The van der Waals surface area contributed by atoms with Crippen LogP contribution in [0.1, 0.15) is 29.5 Å². The first-order chi connectivity index (χ1) is 20.8. The number of rotatable bonds is 11. The van der Waals surface area contributed by atoms with E-state index in [-0.39, 0.29) is 12.5 Å². The van der Waals surface area contributed by atoms with Crippen LogP contribution in [-0.4, -0.2) is 22.1 Å². The van der Waals surface area contributed by atoms with E-state index in [1.165, 1.54) is 0 Å². The minimum absolute atomic E-state index is 0.246. The third kappa shape index (κ3) is 7.55. The van der Waals surface area contributed by atoms with Crippen LogP contribution >= 0.6 is 0 Å². The number of anilines is 2. The van der Waals surface area contributed by atoms with Crippen LogP contribution in [0.2, 0.25) is 0 Å². The molecule has 0 aliphatic carbocycles. The van der Waals surface area contributed by atoms with E-state index < -0.39 is 5.54 Å². The Morgan fingerprint density at radius 1 is 0.907 bits per heavy atom. The Kier molecular flexibility index (Phi) is 8.98. The van der Waals surface area contributed by atoms with Gasteiger partial charge >= 0.3 is 0 Å². The number of nitrogens with two attached hydrogens (primary N) is 1. The molecule has 1 unspecified atom stereocenters. The van der Waals surface area contributed by atoms with Crippen LogP contribution in [-0.2, 0) is 17.8 Å². The fraction of sp³-hybridized carbons (Fsp3) is 0.171. The second-order valence-corrected chi connectivity index (χ2v) is 10.6. The molecule has 4 aromatic carbocycles. The van der Waals surface area contributed by atoms with Gasteiger partial charge in [0.1, 0.15) is 29.3 Å². The quantitative estimate of drug-likeness (QED) is 0.117. The van der Waals surface area contributed by atoms with E-state index in [1.807, 2.05) is 123 Å². The first-order valence-corrected chi connectivity index (χ1v) is 14.1. The Bertz CT molecular complexity index is 1710. The largest absolute Gasteiger partial charge is 0.487 e. The van der Waals surface area contributed by atoms with E-state index in [1.54, 1.807) is 6.92 Å². The summed E-state index contributed by atoms with van der Waals surface area (Å²) in [4.78, 5) is 18.0. The third-order valence-corrected chi connectivity index (χ3v) is 7.00. The first kappa shape index (κ1) is 29.3. The van der Waals surface area contributed by atoms with Crippen LogP contribution in [0.4, 0.5) is 11.4 Å². The molecule has 218 valence electrons.